The van der Waals surface area contributed by atoms with Gasteiger partial charge < -0.3 is 19.5 Å². The Bertz CT molecular complexity index is 480. The van der Waals surface area contributed by atoms with Crippen LogP contribution in [0.5, 0.6) is 5.75 Å². The van der Waals surface area contributed by atoms with E-state index in [2.05, 4.69) is 0 Å². The van der Waals surface area contributed by atoms with Crippen LogP contribution in [-0.4, -0.2) is 51.8 Å². The van der Waals surface area contributed by atoms with E-state index in [9.17, 15) is 9.90 Å². The van der Waals surface area contributed by atoms with E-state index in [-0.39, 0.29) is 19.7 Å². The van der Waals surface area contributed by atoms with Crippen LogP contribution in [0, 0.1) is 0 Å². The van der Waals surface area contributed by atoms with E-state index in [0.29, 0.717) is 5.75 Å². The van der Waals surface area contributed by atoms with E-state index >= 15 is 0 Å². The van der Waals surface area contributed by atoms with Crippen molar-refractivity contribution in [3.8, 4) is 5.75 Å². The molecule has 0 radical (unpaired) electrons. The van der Waals surface area contributed by atoms with Crippen molar-refractivity contribution in [2.75, 3.05) is 19.7 Å². The fourth-order valence-electron chi connectivity index (χ4n) is 1.93. The number of likely N-dealkylation sites (tertiary alicyclic amines) is 1. The first kappa shape index (κ1) is 16.5. The normalized spacial score (nSPS) is 22.2. The van der Waals surface area contributed by atoms with Gasteiger partial charge in [-0.1, -0.05) is 53.0 Å². The highest BCUT2D eigenvalue weighted by Crippen LogP contribution is 2.26. The molecule has 5 nitrogen and oxygen atoms in total. The highest BCUT2D eigenvalue weighted by atomic mass is 35.6. The molecule has 1 saturated heterocycles. The smallest absolute Gasteiger partial charge is 0.410 e. The number of hydrogen-bond donors (Lipinski definition) is 1. The fourth-order valence-corrected chi connectivity index (χ4v) is 2.09. The first-order chi connectivity index (χ1) is 9.85. The number of rotatable bonds is 3. The molecule has 1 aliphatic heterocycles. The zero-order valence-electron chi connectivity index (χ0n) is 10.9. The average Bonchev–Trinajstić information content (AvgIpc) is 2.78. The number of hydrogen-bond acceptors (Lipinski definition) is 4. The Balaban J connectivity index is 1.87. The molecule has 2 unspecified atom stereocenters. The molecular formula is C13H14Cl3NO4. The molecule has 2 rings (SSSR count). The Morgan fingerprint density at radius 1 is 1.29 bits per heavy atom. The molecule has 1 heterocycles. The summed E-state index contributed by atoms with van der Waals surface area (Å²) in [7, 11) is 0. The highest BCUT2D eigenvalue weighted by Gasteiger charge is 2.37. The van der Waals surface area contributed by atoms with Gasteiger partial charge in [-0.25, -0.2) is 4.79 Å². The lowest BCUT2D eigenvalue weighted by Crippen LogP contribution is -2.33. The van der Waals surface area contributed by atoms with Gasteiger partial charge in [-0.05, 0) is 12.1 Å². The summed E-state index contributed by atoms with van der Waals surface area (Å²) < 4.78 is 8.84. The summed E-state index contributed by atoms with van der Waals surface area (Å²) in [6.07, 6.45) is -1.97. The summed E-state index contributed by atoms with van der Waals surface area (Å²) in [5.74, 6) is 0.623. The Hall–Kier alpha value is -0.880. The first-order valence-corrected chi connectivity index (χ1v) is 7.37. The number of carbonyl (C=O) groups is 1. The van der Waals surface area contributed by atoms with Crippen LogP contribution in [0.2, 0.25) is 0 Å². The van der Waals surface area contributed by atoms with E-state index in [4.69, 9.17) is 44.3 Å². The SMILES string of the molecule is O=C(OCC(Cl)(Cl)Cl)N1CC(O)C(Oc2ccccc2)C1. The Morgan fingerprint density at radius 2 is 1.95 bits per heavy atom. The van der Waals surface area contributed by atoms with Crippen LogP contribution >= 0.6 is 34.8 Å². The largest absolute Gasteiger partial charge is 0.486 e. The summed E-state index contributed by atoms with van der Waals surface area (Å²) in [6.45, 7) is -0.0434. The molecule has 0 aromatic heterocycles. The number of ether oxygens (including phenoxy) is 2. The lowest BCUT2D eigenvalue weighted by Gasteiger charge is -2.18. The molecule has 0 spiro atoms. The quantitative estimate of drug-likeness (QED) is 0.848. The van der Waals surface area contributed by atoms with Crippen LogP contribution < -0.4 is 4.74 Å². The second-order valence-electron chi connectivity index (χ2n) is 4.61. The number of amides is 1. The van der Waals surface area contributed by atoms with Crippen molar-refractivity contribution in [2.45, 2.75) is 16.0 Å². The number of nitrogens with zero attached hydrogens (tertiary/aromatic N) is 1. The molecule has 0 aliphatic carbocycles. The second kappa shape index (κ2) is 6.92. The van der Waals surface area contributed by atoms with Gasteiger partial charge in [-0.15, -0.1) is 0 Å². The third-order valence-corrected chi connectivity index (χ3v) is 3.21. The number of aliphatic hydroxyl groups is 1. The zero-order valence-corrected chi connectivity index (χ0v) is 13.2. The van der Waals surface area contributed by atoms with Crippen LogP contribution in [0.15, 0.2) is 30.3 Å². The molecule has 1 aromatic carbocycles. The van der Waals surface area contributed by atoms with Crippen molar-refractivity contribution in [3.63, 3.8) is 0 Å². The minimum atomic E-state index is -1.66. The number of β-amino-alcohol motifs (C(OH)–C–C–N with tert-alkyl or cyclic N) is 1. The van der Waals surface area contributed by atoms with Crippen molar-refractivity contribution >= 4 is 40.9 Å². The third-order valence-electron chi connectivity index (χ3n) is 2.89. The van der Waals surface area contributed by atoms with Gasteiger partial charge >= 0.3 is 6.09 Å². The molecule has 1 aromatic rings. The summed E-state index contributed by atoms with van der Waals surface area (Å²) >= 11 is 16.5. The minimum absolute atomic E-state index is 0.107. The van der Waals surface area contributed by atoms with Gasteiger partial charge in [0.25, 0.3) is 0 Å². The second-order valence-corrected chi connectivity index (χ2v) is 7.13. The number of alkyl halides is 3. The molecule has 21 heavy (non-hydrogen) atoms. The van der Waals surface area contributed by atoms with Crippen molar-refractivity contribution in [2.24, 2.45) is 0 Å². The number of para-hydroxylation sites is 1. The predicted octanol–water partition coefficient (Wildman–Crippen LogP) is 2.62. The van der Waals surface area contributed by atoms with Crippen molar-refractivity contribution in [1.82, 2.24) is 4.90 Å². The average molecular weight is 355 g/mol. The molecule has 0 saturated carbocycles. The van der Waals surface area contributed by atoms with Gasteiger partial charge in [-0.3, -0.25) is 0 Å². The maximum atomic E-state index is 11.8. The molecule has 1 aliphatic rings. The first-order valence-electron chi connectivity index (χ1n) is 6.23. The molecule has 116 valence electrons. The Kier molecular flexibility index (Phi) is 5.43. The molecular weight excluding hydrogens is 341 g/mol. The van der Waals surface area contributed by atoms with Crippen LogP contribution in [-0.2, 0) is 4.74 Å². The van der Waals surface area contributed by atoms with Gasteiger partial charge in [0.1, 0.15) is 24.6 Å². The van der Waals surface area contributed by atoms with E-state index in [1.165, 1.54) is 4.90 Å². The van der Waals surface area contributed by atoms with Crippen molar-refractivity contribution in [1.29, 1.82) is 0 Å². The van der Waals surface area contributed by atoms with E-state index in [0.717, 1.165) is 0 Å². The summed E-state index contributed by atoms with van der Waals surface area (Å²) in [5, 5.41) is 9.95. The molecule has 2 atom stereocenters. The summed E-state index contributed by atoms with van der Waals surface area (Å²) in [5.41, 5.74) is 0. The van der Waals surface area contributed by atoms with E-state index in [1.807, 2.05) is 18.2 Å². The molecule has 1 N–H and O–H groups in total. The maximum Gasteiger partial charge on any atom is 0.410 e. The molecule has 0 bridgehead atoms. The van der Waals surface area contributed by atoms with Gasteiger partial charge in [0.2, 0.25) is 3.79 Å². The van der Waals surface area contributed by atoms with Crippen molar-refractivity contribution in [3.05, 3.63) is 30.3 Å². The van der Waals surface area contributed by atoms with Gasteiger partial charge in [-0.2, -0.15) is 0 Å². The number of aliphatic hydroxyl groups excluding tert-OH is 1. The standard InChI is InChI=1S/C13H14Cl3NO4/c14-13(15,16)8-20-12(19)17-6-10(18)11(7-17)21-9-4-2-1-3-5-9/h1-5,10-11,18H,6-8H2. The van der Waals surface area contributed by atoms with Gasteiger partial charge in [0, 0.05) is 0 Å². The fraction of sp³-hybridized carbons (Fsp3) is 0.462. The summed E-state index contributed by atoms with van der Waals surface area (Å²) in [4.78, 5) is 13.1. The molecule has 8 heteroatoms. The third kappa shape index (κ3) is 5.11. The van der Waals surface area contributed by atoms with Crippen LogP contribution in [0.1, 0.15) is 0 Å². The van der Waals surface area contributed by atoms with Crippen LogP contribution in [0.3, 0.4) is 0 Å². The number of benzene rings is 1. The lowest BCUT2D eigenvalue weighted by molar-refractivity contribution is 0.0735. The number of carbonyl (C=O) groups excluding carboxylic acids is 1. The predicted molar refractivity (Wildman–Crippen MR) is 80.1 cm³/mol. The summed E-state index contributed by atoms with van der Waals surface area (Å²) in [6, 6.07) is 9.05. The highest BCUT2D eigenvalue weighted by molar-refractivity contribution is 6.67. The van der Waals surface area contributed by atoms with E-state index < -0.39 is 22.1 Å². The van der Waals surface area contributed by atoms with Crippen molar-refractivity contribution < 1.29 is 19.4 Å². The van der Waals surface area contributed by atoms with Crippen LogP contribution in [0.25, 0.3) is 0 Å². The monoisotopic (exact) mass is 353 g/mol. The van der Waals surface area contributed by atoms with Gasteiger partial charge in [0.15, 0.2) is 0 Å². The maximum absolute atomic E-state index is 11.8. The number of halogens is 3. The van der Waals surface area contributed by atoms with E-state index in [1.54, 1.807) is 12.1 Å². The Morgan fingerprint density at radius 3 is 2.57 bits per heavy atom. The zero-order chi connectivity index (χ0) is 15.5. The minimum Gasteiger partial charge on any atom is -0.486 e. The molecule has 1 fully saturated rings. The Labute approximate surface area is 137 Å². The van der Waals surface area contributed by atoms with Gasteiger partial charge in [0.05, 0.1) is 13.1 Å². The molecule has 1 amide bonds. The lowest BCUT2D eigenvalue weighted by atomic mass is 10.2. The topological polar surface area (TPSA) is 59.0 Å². The van der Waals surface area contributed by atoms with Crippen LogP contribution in [0.4, 0.5) is 4.79 Å².